The number of carbonyl (C=O) groups excluding carboxylic acids is 2. The quantitative estimate of drug-likeness (QED) is 0.603. The van der Waals surface area contributed by atoms with Gasteiger partial charge in [-0.15, -0.1) is 6.58 Å². The smallest absolute Gasteiger partial charge is 0.254 e. The monoisotopic (exact) mass is 419 g/mol. The Hall–Kier alpha value is -2.24. The summed E-state index contributed by atoms with van der Waals surface area (Å²) in [6.45, 7) is 4.51. The minimum atomic E-state index is -0.276. The third kappa shape index (κ3) is 4.78. The van der Waals surface area contributed by atoms with Gasteiger partial charge in [-0.2, -0.15) is 0 Å². The molecule has 0 saturated heterocycles. The Morgan fingerprint density at radius 3 is 2.57 bits per heavy atom. The van der Waals surface area contributed by atoms with Crippen LogP contribution in [0.25, 0.3) is 0 Å². The van der Waals surface area contributed by atoms with Crippen LogP contribution in [0.2, 0.25) is 10.0 Å². The summed E-state index contributed by atoms with van der Waals surface area (Å²) < 4.78 is 2.00. The zero-order chi connectivity index (χ0) is 20.3. The predicted octanol–water partition coefficient (Wildman–Crippen LogP) is 4.15. The van der Waals surface area contributed by atoms with E-state index in [4.69, 9.17) is 23.2 Å². The van der Waals surface area contributed by atoms with Gasteiger partial charge >= 0.3 is 0 Å². The van der Waals surface area contributed by atoms with Gasteiger partial charge in [0.1, 0.15) is 6.54 Å². The number of rotatable bonds is 8. The Morgan fingerprint density at radius 1 is 1.25 bits per heavy atom. The van der Waals surface area contributed by atoms with Crippen molar-refractivity contribution in [3.8, 4) is 0 Å². The van der Waals surface area contributed by atoms with Gasteiger partial charge in [-0.3, -0.25) is 9.59 Å². The Balaban J connectivity index is 1.75. The van der Waals surface area contributed by atoms with Gasteiger partial charge in [0.2, 0.25) is 5.91 Å². The summed E-state index contributed by atoms with van der Waals surface area (Å²) in [4.78, 5) is 29.3. The minimum absolute atomic E-state index is 0.00792. The number of halogens is 2. The number of aromatic nitrogens is 1. The molecule has 1 aliphatic carbocycles. The van der Waals surface area contributed by atoms with Crippen LogP contribution in [-0.4, -0.2) is 45.3 Å². The number of amides is 2. The van der Waals surface area contributed by atoms with Crippen molar-refractivity contribution >= 4 is 35.0 Å². The molecule has 0 radical (unpaired) electrons. The highest BCUT2D eigenvalue weighted by Crippen LogP contribution is 2.29. The first-order chi connectivity index (χ1) is 13.4. The van der Waals surface area contributed by atoms with Crippen molar-refractivity contribution in [2.45, 2.75) is 25.4 Å². The zero-order valence-corrected chi connectivity index (χ0v) is 17.3. The molecule has 2 amide bonds. The maximum Gasteiger partial charge on any atom is 0.254 e. The van der Waals surface area contributed by atoms with Crippen LogP contribution in [0.3, 0.4) is 0 Å². The number of hydrogen-bond acceptors (Lipinski definition) is 2. The van der Waals surface area contributed by atoms with Crippen LogP contribution in [0.4, 0.5) is 0 Å². The minimum Gasteiger partial charge on any atom is -0.353 e. The van der Waals surface area contributed by atoms with E-state index >= 15 is 0 Å². The molecule has 0 N–H and O–H groups in total. The van der Waals surface area contributed by atoms with Crippen LogP contribution >= 0.6 is 23.2 Å². The first-order valence-electron chi connectivity index (χ1n) is 9.15. The molecule has 1 aromatic carbocycles. The Bertz CT molecular complexity index is 890. The Labute approximate surface area is 175 Å². The van der Waals surface area contributed by atoms with Gasteiger partial charge in [0.05, 0.1) is 16.6 Å². The van der Waals surface area contributed by atoms with E-state index in [0.29, 0.717) is 22.2 Å². The number of aryl methyl sites for hydroxylation is 1. The molecule has 2 aromatic rings. The van der Waals surface area contributed by atoms with Crippen molar-refractivity contribution in [3.63, 3.8) is 0 Å². The van der Waals surface area contributed by atoms with Crippen LogP contribution < -0.4 is 0 Å². The van der Waals surface area contributed by atoms with Crippen LogP contribution in [0, 0.1) is 0 Å². The summed E-state index contributed by atoms with van der Waals surface area (Å²) in [6.07, 6.45) is 5.57. The number of nitrogens with zero attached hydrogens (tertiary/aromatic N) is 3. The lowest BCUT2D eigenvalue weighted by molar-refractivity contribution is -0.133. The molecule has 1 aliphatic rings. The molecular formula is C21H23Cl2N3O2. The SMILES string of the molecule is C=CCN(CC(=O)N(Cc1cccn1C)C1CC1)C(=O)c1ccc(Cl)c(Cl)c1. The van der Waals surface area contributed by atoms with Crippen molar-refractivity contribution in [2.24, 2.45) is 7.05 Å². The average Bonchev–Trinajstić information content (AvgIpc) is 3.43. The third-order valence-corrected chi connectivity index (χ3v) is 5.56. The lowest BCUT2D eigenvalue weighted by Gasteiger charge is -2.27. The Morgan fingerprint density at radius 2 is 2.00 bits per heavy atom. The molecular weight excluding hydrogens is 397 g/mol. The van der Waals surface area contributed by atoms with E-state index in [1.165, 1.54) is 11.0 Å². The maximum atomic E-state index is 13.0. The number of benzene rings is 1. The normalized spacial score (nSPS) is 13.2. The lowest BCUT2D eigenvalue weighted by Crippen LogP contribution is -2.43. The van der Waals surface area contributed by atoms with E-state index < -0.39 is 0 Å². The fraction of sp³-hybridized carbons (Fsp3) is 0.333. The molecule has 1 saturated carbocycles. The van der Waals surface area contributed by atoms with E-state index in [1.54, 1.807) is 18.2 Å². The average molecular weight is 420 g/mol. The molecule has 5 nitrogen and oxygen atoms in total. The summed E-state index contributed by atoms with van der Waals surface area (Å²) in [5.74, 6) is -0.347. The van der Waals surface area contributed by atoms with Crippen molar-refractivity contribution in [3.05, 3.63) is 70.5 Å². The number of hydrogen-bond donors (Lipinski definition) is 0. The number of carbonyl (C=O) groups is 2. The van der Waals surface area contributed by atoms with Gasteiger partial charge in [0, 0.05) is 37.1 Å². The molecule has 0 spiro atoms. The van der Waals surface area contributed by atoms with Gasteiger partial charge in [-0.1, -0.05) is 29.3 Å². The summed E-state index contributed by atoms with van der Waals surface area (Å²) in [5, 5.41) is 0.688. The lowest BCUT2D eigenvalue weighted by atomic mass is 10.2. The second-order valence-corrected chi connectivity index (χ2v) is 7.78. The Kier molecular flexibility index (Phi) is 6.47. The van der Waals surface area contributed by atoms with Crippen molar-refractivity contribution in [2.75, 3.05) is 13.1 Å². The van der Waals surface area contributed by atoms with Gasteiger partial charge in [-0.05, 0) is 43.2 Å². The van der Waals surface area contributed by atoms with Gasteiger partial charge < -0.3 is 14.4 Å². The molecule has 0 atom stereocenters. The molecule has 1 fully saturated rings. The second kappa shape index (κ2) is 8.84. The standard InChI is InChI=1S/C21H23Cl2N3O2/c1-3-10-25(21(28)15-6-9-18(22)19(23)12-15)14-20(27)26(16-7-8-16)13-17-5-4-11-24(17)2/h3-6,9,11-12,16H,1,7-8,10,13-14H2,2H3. The highest BCUT2D eigenvalue weighted by Gasteiger charge is 2.34. The van der Waals surface area contributed by atoms with Crippen LogP contribution in [0.5, 0.6) is 0 Å². The molecule has 28 heavy (non-hydrogen) atoms. The maximum absolute atomic E-state index is 13.0. The zero-order valence-electron chi connectivity index (χ0n) is 15.8. The summed E-state index contributed by atoms with van der Waals surface area (Å²) in [7, 11) is 1.96. The van der Waals surface area contributed by atoms with Crippen molar-refractivity contribution in [1.82, 2.24) is 14.4 Å². The molecule has 3 rings (SSSR count). The van der Waals surface area contributed by atoms with E-state index in [1.807, 2.05) is 34.8 Å². The van der Waals surface area contributed by atoms with Gasteiger partial charge in [-0.25, -0.2) is 0 Å². The van der Waals surface area contributed by atoms with Gasteiger partial charge in [0.25, 0.3) is 5.91 Å². The molecule has 7 heteroatoms. The van der Waals surface area contributed by atoms with Crippen LogP contribution in [0.1, 0.15) is 28.9 Å². The first-order valence-corrected chi connectivity index (χ1v) is 9.91. The van der Waals surface area contributed by atoms with Crippen LogP contribution in [0.15, 0.2) is 49.2 Å². The second-order valence-electron chi connectivity index (χ2n) is 6.97. The molecule has 0 bridgehead atoms. The molecule has 0 aliphatic heterocycles. The predicted molar refractivity (Wildman–Crippen MR) is 112 cm³/mol. The largest absolute Gasteiger partial charge is 0.353 e. The summed E-state index contributed by atoms with van der Waals surface area (Å²) in [5.41, 5.74) is 1.45. The first kappa shape index (κ1) is 20.5. The van der Waals surface area contributed by atoms with E-state index in [9.17, 15) is 9.59 Å². The van der Waals surface area contributed by atoms with Crippen molar-refractivity contribution in [1.29, 1.82) is 0 Å². The molecule has 1 heterocycles. The summed E-state index contributed by atoms with van der Waals surface area (Å²) >= 11 is 12.0. The topological polar surface area (TPSA) is 45.6 Å². The van der Waals surface area contributed by atoms with Crippen LogP contribution in [-0.2, 0) is 18.4 Å². The van der Waals surface area contributed by atoms with E-state index in [-0.39, 0.29) is 30.9 Å². The fourth-order valence-electron chi connectivity index (χ4n) is 3.08. The highest BCUT2D eigenvalue weighted by atomic mass is 35.5. The van der Waals surface area contributed by atoms with E-state index in [2.05, 4.69) is 6.58 Å². The van der Waals surface area contributed by atoms with E-state index in [0.717, 1.165) is 18.5 Å². The molecule has 0 unspecified atom stereocenters. The van der Waals surface area contributed by atoms with Crippen molar-refractivity contribution < 1.29 is 9.59 Å². The van der Waals surface area contributed by atoms with Gasteiger partial charge in [0.15, 0.2) is 0 Å². The summed E-state index contributed by atoms with van der Waals surface area (Å²) in [6, 6.07) is 8.92. The molecule has 1 aromatic heterocycles. The third-order valence-electron chi connectivity index (χ3n) is 4.82. The highest BCUT2D eigenvalue weighted by molar-refractivity contribution is 6.42. The fourth-order valence-corrected chi connectivity index (χ4v) is 3.38. The molecule has 148 valence electrons.